The highest BCUT2D eigenvalue weighted by molar-refractivity contribution is 7.80. The van der Waals surface area contributed by atoms with Crippen molar-refractivity contribution in [2.45, 2.75) is 19.9 Å². The van der Waals surface area contributed by atoms with E-state index in [1.165, 1.54) is 0 Å². The van der Waals surface area contributed by atoms with Crippen molar-refractivity contribution in [3.8, 4) is 0 Å². The van der Waals surface area contributed by atoms with Crippen molar-refractivity contribution in [3.63, 3.8) is 0 Å². The summed E-state index contributed by atoms with van der Waals surface area (Å²) in [6, 6.07) is -0.175. The van der Waals surface area contributed by atoms with Gasteiger partial charge in [0.25, 0.3) is 0 Å². The number of likely N-dealkylation sites (N-methyl/N-ethyl adjacent to an activating group) is 1. The molecular formula is C8H12N2O2S. The minimum atomic E-state index is -0.896. The smallest absolute Gasteiger partial charge is 0.335 e. The van der Waals surface area contributed by atoms with Crippen molar-refractivity contribution in [2.75, 3.05) is 7.05 Å². The van der Waals surface area contributed by atoms with Crippen molar-refractivity contribution in [2.24, 2.45) is 0 Å². The average molecular weight is 200 g/mol. The predicted octanol–water partition coefficient (Wildman–Crippen LogP) is 0.553. The van der Waals surface area contributed by atoms with Crippen LogP contribution < -0.4 is 5.32 Å². The number of thiocarbonyl (C=S) groups is 1. The maximum absolute atomic E-state index is 10.9. The third kappa shape index (κ3) is 1.65. The molecule has 1 aliphatic heterocycles. The van der Waals surface area contributed by atoms with Crippen LogP contribution in [0.25, 0.3) is 0 Å². The molecule has 0 saturated carbocycles. The number of nitrogens with one attached hydrogen (secondary N) is 1. The van der Waals surface area contributed by atoms with Crippen LogP contribution in [0.15, 0.2) is 11.3 Å². The molecule has 1 atom stereocenters. The Kier molecular flexibility index (Phi) is 2.56. The number of aliphatic carboxylic acids is 1. The van der Waals surface area contributed by atoms with Gasteiger partial charge in [-0.15, -0.1) is 0 Å². The number of nitrogens with zero attached hydrogens (tertiary/aromatic N) is 1. The van der Waals surface area contributed by atoms with E-state index in [1.807, 2.05) is 6.92 Å². The van der Waals surface area contributed by atoms with Crippen LogP contribution in [-0.2, 0) is 4.79 Å². The zero-order valence-electron chi connectivity index (χ0n) is 7.79. The first-order valence-electron chi connectivity index (χ1n) is 3.93. The van der Waals surface area contributed by atoms with Gasteiger partial charge in [-0.3, -0.25) is 0 Å². The molecule has 0 aliphatic carbocycles. The van der Waals surface area contributed by atoms with E-state index in [0.717, 1.165) is 0 Å². The van der Waals surface area contributed by atoms with Crippen LogP contribution in [0.4, 0.5) is 0 Å². The molecule has 5 heteroatoms. The van der Waals surface area contributed by atoms with Gasteiger partial charge in [-0.1, -0.05) is 0 Å². The number of allylic oxidation sites excluding steroid dienone is 1. The summed E-state index contributed by atoms with van der Waals surface area (Å²) in [4.78, 5) is 12.6. The predicted molar refractivity (Wildman–Crippen MR) is 53.3 cm³/mol. The van der Waals surface area contributed by atoms with Gasteiger partial charge in [-0.05, 0) is 26.1 Å². The number of hydrogen-bond donors (Lipinski definition) is 2. The van der Waals surface area contributed by atoms with Crippen molar-refractivity contribution in [3.05, 3.63) is 11.3 Å². The quantitative estimate of drug-likeness (QED) is 0.605. The van der Waals surface area contributed by atoms with Gasteiger partial charge in [-0.2, -0.15) is 0 Å². The van der Waals surface area contributed by atoms with Crippen LogP contribution in [0.5, 0.6) is 0 Å². The molecule has 1 aliphatic rings. The number of hydrogen-bond acceptors (Lipinski definition) is 2. The Balaban J connectivity index is 3.10. The number of carbonyl (C=O) groups is 1. The zero-order valence-corrected chi connectivity index (χ0v) is 8.60. The van der Waals surface area contributed by atoms with Crippen LogP contribution >= 0.6 is 12.2 Å². The third-order valence-electron chi connectivity index (χ3n) is 2.25. The van der Waals surface area contributed by atoms with Gasteiger partial charge < -0.3 is 15.3 Å². The minimum absolute atomic E-state index is 0.175. The highest BCUT2D eigenvalue weighted by atomic mass is 32.1. The largest absolute Gasteiger partial charge is 0.478 e. The first-order chi connectivity index (χ1) is 5.95. The molecule has 0 bridgehead atoms. The summed E-state index contributed by atoms with van der Waals surface area (Å²) in [7, 11) is 1.77. The molecule has 0 fully saturated rings. The molecule has 72 valence electrons. The second-order valence-electron chi connectivity index (χ2n) is 3.06. The van der Waals surface area contributed by atoms with E-state index in [4.69, 9.17) is 17.3 Å². The van der Waals surface area contributed by atoms with Gasteiger partial charge in [0, 0.05) is 12.7 Å². The minimum Gasteiger partial charge on any atom is -0.478 e. The molecule has 4 nitrogen and oxygen atoms in total. The van der Waals surface area contributed by atoms with Gasteiger partial charge in [0.05, 0.1) is 11.6 Å². The Morgan fingerprint density at radius 1 is 1.69 bits per heavy atom. The molecule has 0 saturated heterocycles. The molecule has 1 heterocycles. The molecular weight excluding hydrogens is 188 g/mol. The molecule has 1 rings (SSSR count). The van der Waals surface area contributed by atoms with Crippen LogP contribution in [0.2, 0.25) is 0 Å². The third-order valence-corrected chi connectivity index (χ3v) is 2.64. The van der Waals surface area contributed by atoms with Gasteiger partial charge >= 0.3 is 5.97 Å². The summed E-state index contributed by atoms with van der Waals surface area (Å²) in [5.74, 6) is -0.896. The topological polar surface area (TPSA) is 52.6 Å². The van der Waals surface area contributed by atoms with E-state index in [1.54, 1.807) is 18.9 Å². The number of carboxylic acids is 1. The molecule has 0 aromatic carbocycles. The fourth-order valence-corrected chi connectivity index (χ4v) is 1.65. The zero-order chi connectivity index (χ0) is 10.2. The van der Waals surface area contributed by atoms with E-state index >= 15 is 0 Å². The normalized spacial score (nSPS) is 23.2. The summed E-state index contributed by atoms with van der Waals surface area (Å²) in [5.41, 5.74) is 0.999. The van der Waals surface area contributed by atoms with Gasteiger partial charge in [0.2, 0.25) is 0 Å². The monoisotopic (exact) mass is 200 g/mol. The molecule has 0 aromatic heterocycles. The van der Waals surface area contributed by atoms with E-state index in [9.17, 15) is 4.79 Å². The summed E-state index contributed by atoms with van der Waals surface area (Å²) in [5, 5.41) is 12.3. The van der Waals surface area contributed by atoms with Gasteiger partial charge in [0.1, 0.15) is 0 Å². The van der Waals surface area contributed by atoms with E-state index in [-0.39, 0.29) is 6.04 Å². The lowest BCUT2D eigenvalue weighted by atomic mass is 10.0. The van der Waals surface area contributed by atoms with Crippen molar-refractivity contribution >= 4 is 23.3 Å². The molecule has 1 unspecified atom stereocenters. The molecule has 0 amide bonds. The lowest BCUT2D eigenvalue weighted by molar-refractivity contribution is -0.133. The Bertz CT molecular complexity index is 299. The molecule has 13 heavy (non-hydrogen) atoms. The number of rotatable bonds is 1. The van der Waals surface area contributed by atoms with Crippen molar-refractivity contribution < 1.29 is 9.90 Å². The first kappa shape index (κ1) is 9.98. The Hall–Kier alpha value is -1.10. The Morgan fingerprint density at radius 3 is 2.69 bits per heavy atom. The fourth-order valence-electron chi connectivity index (χ4n) is 1.34. The highest BCUT2D eigenvalue weighted by Gasteiger charge is 2.28. The van der Waals surface area contributed by atoms with Crippen LogP contribution in [0.3, 0.4) is 0 Å². The second kappa shape index (κ2) is 3.33. The van der Waals surface area contributed by atoms with E-state index < -0.39 is 5.97 Å². The van der Waals surface area contributed by atoms with Crippen LogP contribution in [0, 0.1) is 0 Å². The summed E-state index contributed by atoms with van der Waals surface area (Å²) >= 11 is 5.01. The Morgan fingerprint density at radius 2 is 2.23 bits per heavy atom. The van der Waals surface area contributed by atoms with Gasteiger partial charge in [-0.25, -0.2) is 4.79 Å². The Labute approximate surface area is 82.2 Å². The van der Waals surface area contributed by atoms with Crippen LogP contribution in [-0.4, -0.2) is 34.2 Å². The van der Waals surface area contributed by atoms with E-state index in [2.05, 4.69) is 5.32 Å². The summed E-state index contributed by atoms with van der Waals surface area (Å²) in [6.07, 6.45) is 0. The lowest BCUT2D eigenvalue weighted by Crippen LogP contribution is -2.49. The second-order valence-corrected chi connectivity index (χ2v) is 3.45. The summed E-state index contributed by atoms with van der Waals surface area (Å²) in [6.45, 7) is 3.54. The van der Waals surface area contributed by atoms with Gasteiger partial charge in [0.15, 0.2) is 5.11 Å². The molecule has 2 N–H and O–H groups in total. The maximum Gasteiger partial charge on any atom is 0.335 e. The summed E-state index contributed by atoms with van der Waals surface area (Å²) < 4.78 is 0. The average Bonchev–Trinajstić information content (AvgIpc) is 1.99. The lowest BCUT2D eigenvalue weighted by Gasteiger charge is -2.34. The molecule has 0 aromatic rings. The van der Waals surface area contributed by atoms with Crippen LogP contribution in [0.1, 0.15) is 13.8 Å². The van der Waals surface area contributed by atoms with Crippen molar-refractivity contribution in [1.29, 1.82) is 0 Å². The first-order valence-corrected chi connectivity index (χ1v) is 4.34. The number of carboxylic acid groups (broad SMARTS) is 1. The standard InChI is InChI=1S/C8H12N2O2S/c1-4-6(7(11)12)5(2)10(3)8(13)9-4/h5H,1-3H3,(H,9,13)(H,11,12). The molecule has 0 radical (unpaired) electrons. The van der Waals surface area contributed by atoms with E-state index in [0.29, 0.717) is 16.4 Å². The van der Waals surface area contributed by atoms with Crippen molar-refractivity contribution in [1.82, 2.24) is 10.2 Å². The molecule has 0 spiro atoms. The SMILES string of the molecule is CC1=C(C(=O)O)C(C)N(C)C(=S)N1. The fraction of sp³-hybridized carbons (Fsp3) is 0.500. The maximum atomic E-state index is 10.9. The highest BCUT2D eigenvalue weighted by Crippen LogP contribution is 2.17.